The van der Waals surface area contributed by atoms with E-state index in [-0.39, 0.29) is 0 Å². The zero-order valence-corrected chi connectivity index (χ0v) is 8.67. The molecule has 76 valence electrons. The van der Waals surface area contributed by atoms with Gasteiger partial charge in [-0.1, -0.05) is 24.1 Å². The molecule has 1 fully saturated rings. The van der Waals surface area contributed by atoms with Crippen molar-refractivity contribution < 1.29 is 5.11 Å². The highest BCUT2D eigenvalue weighted by molar-refractivity contribution is 6.31. The van der Waals surface area contributed by atoms with E-state index in [1.54, 1.807) is 12.1 Å². The first kappa shape index (κ1) is 9.81. The molecule has 2 rings (SSSR count). The number of rotatable bonds is 2. The van der Waals surface area contributed by atoms with Gasteiger partial charge >= 0.3 is 0 Å². The van der Waals surface area contributed by atoms with E-state index in [4.69, 9.17) is 17.3 Å². The van der Waals surface area contributed by atoms with E-state index in [9.17, 15) is 5.11 Å². The Labute approximate surface area is 88.7 Å². The molecule has 0 radical (unpaired) electrons. The van der Waals surface area contributed by atoms with Gasteiger partial charge in [0.05, 0.1) is 6.10 Å². The Morgan fingerprint density at radius 3 is 2.64 bits per heavy atom. The van der Waals surface area contributed by atoms with Gasteiger partial charge in [-0.2, -0.15) is 0 Å². The van der Waals surface area contributed by atoms with Crippen molar-refractivity contribution in [2.45, 2.75) is 25.4 Å². The Bertz CT molecular complexity index is 336. The summed E-state index contributed by atoms with van der Waals surface area (Å²) in [5.74, 6) is 0.385. The minimum atomic E-state index is -0.420. The van der Waals surface area contributed by atoms with Crippen LogP contribution in [-0.2, 0) is 0 Å². The summed E-state index contributed by atoms with van der Waals surface area (Å²) >= 11 is 6.01. The largest absolute Gasteiger partial charge is 0.399 e. The topological polar surface area (TPSA) is 46.2 Å². The van der Waals surface area contributed by atoms with Crippen LogP contribution in [0.5, 0.6) is 0 Å². The predicted molar refractivity (Wildman–Crippen MR) is 58.2 cm³/mol. The van der Waals surface area contributed by atoms with Crippen molar-refractivity contribution in [2.75, 3.05) is 5.73 Å². The highest BCUT2D eigenvalue weighted by atomic mass is 35.5. The van der Waals surface area contributed by atoms with Crippen LogP contribution in [-0.4, -0.2) is 5.11 Å². The Morgan fingerprint density at radius 1 is 1.43 bits per heavy atom. The normalized spacial score (nSPS) is 19.0. The van der Waals surface area contributed by atoms with Crippen LogP contribution in [0.4, 0.5) is 5.69 Å². The van der Waals surface area contributed by atoms with E-state index in [1.807, 2.05) is 6.07 Å². The summed E-state index contributed by atoms with van der Waals surface area (Å²) in [5, 5.41) is 10.6. The van der Waals surface area contributed by atoms with Crippen molar-refractivity contribution >= 4 is 17.3 Å². The maximum Gasteiger partial charge on any atom is 0.0832 e. The van der Waals surface area contributed by atoms with Gasteiger partial charge in [0.15, 0.2) is 0 Å². The number of benzene rings is 1. The first-order valence-electron chi connectivity index (χ1n) is 4.91. The molecule has 1 aromatic rings. The molecule has 0 heterocycles. The lowest BCUT2D eigenvalue weighted by Gasteiger charge is -2.30. The second-order valence-corrected chi connectivity index (χ2v) is 4.32. The van der Waals surface area contributed by atoms with Gasteiger partial charge in [-0.3, -0.25) is 0 Å². The summed E-state index contributed by atoms with van der Waals surface area (Å²) in [5.41, 5.74) is 7.03. The lowest BCUT2D eigenvalue weighted by molar-refractivity contribution is 0.0622. The lowest BCUT2D eigenvalue weighted by atomic mass is 9.79. The highest BCUT2D eigenvalue weighted by Crippen LogP contribution is 2.39. The maximum atomic E-state index is 9.99. The van der Waals surface area contributed by atoms with Crippen LogP contribution in [0.15, 0.2) is 18.2 Å². The van der Waals surface area contributed by atoms with Crippen LogP contribution in [0.1, 0.15) is 30.9 Å². The van der Waals surface area contributed by atoms with Crippen molar-refractivity contribution in [3.8, 4) is 0 Å². The molecule has 1 unspecified atom stereocenters. The summed E-state index contributed by atoms with van der Waals surface area (Å²) in [7, 11) is 0. The van der Waals surface area contributed by atoms with Crippen molar-refractivity contribution in [3.05, 3.63) is 28.8 Å². The van der Waals surface area contributed by atoms with Gasteiger partial charge in [-0.25, -0.2) is 0 Å². The van der Waals surface area contributed by atoms with E-state index in [0.29, 0.717) is 16.6 Å². The van der Waals surface area contributed by atoms with E-state index >= 15 is 0 Å². The summed E-state index contributed by atoms with van der Waals surface area (Å²) < 4.78 is 0. The number of aliphatic hydroxyl groups is 1. The smallest absolute Gasteiger partial charge is 0.0832 e. The number of nitrogens with two attached hydrogens (primary N) is 1. The molecular weight excluding hydrogens is 198 g/mol. The molecule has 1 aliphatic rings. The predicted octanol–water partition coefficient (Wildman–Crippen LogP) is 2.76. The molecule has 1 atom stereocenters. The first-order chi connectivity index (χ1) is 6.68. The molecule has 1 aromatic carbocycles. The standard InChI is InChI=1S/C11H14ClNO/c12-10-6-8(13)4-5-9(10)11(14)7-2-1-3-7/h4-7,11,14H,1-3,13H2. The fourth-order valence-corrected chi connectivity index (χ4v) is 2.09. The molecule has 2 nitrogen and oxygen atoms in total. The molecule has 3 N–H and O–H groups in total. The summed E-state index contributed by atoms with van der Waals surface area (Å²) in [6.45, 7) is 0. The van der Waals surface area contributed by atoms with Crippen LogP contribution in [0.3, 0.4) is 0 Å². The Hall–Kier alpha value is -0.730. The molecule has 0 saturated heterocycles. The van der Waals surface area contributed by atoms with Crippen LogP contribution in [0.2, 0.25) is 5.02 Å². The highest BCUT2D eigenvalue weighted by Gasteiger charge is 2.27. The third kappa shape index (κ3) is 1.72. The summed E-state index contributed by atoms with van der Waals surface area (Å²) in [6.07, 6.45) is 3.00. The van der Waals surface area contributed by atoms with Crippen LogP contribution in [0, 0.1) is 5.92 Å². The molecule has 1 aliphatic carbocycles. The average molecular weight is 212 g/mol. The number of aliphatic hydroxyl groups excluding tert-OH is 1. The van der Waals surface area contributed by atoms with Gasteiger partial charge < -0.3 is 10.8 Å². The number of halogens is 1. The van der Waals surface area contributed by atoms with E-state index in [2.05, 4.69) is 0 Å². The van der Waals surface area contributed by atoms with Gasteiger partial charge in [-0.15, -0.1) is 0 Å². The molecule has 0 spiro atoms. The van der Waals surface area contributed by atoms with Crippen molar-refractivity contribution in [1.29, 1.82) is 0 Å². The number of hydrogen-bond acceptors (Lipinski definition) is 2. The quantitative estimate of drug-likeness (QED) is 0.739. The van der Waals surface area contributed by atoms with E-state index in [0.717, 1.165) is 18.4 Å². The fourth-order valence-electron chi connectivity index (χ4n) is 1.79. The molecule has 3 heteroatoms. The average Bonchev–Trinajstić information content (AvgIpc) is 2.00. The summed E-state index contributed by atoms with van der Waals surface area (Å²) in [6, 6.07) is 5.29. The van der Waals surface area contributed by atoms with Gasteiger partial charge in [0, 0.05) is 10.7 Å². The van der Waals surface area contributed by atoms with Gasteiger partial charge in [0.25, 0.3) is 0 Å². The molecule has 14 heavy (non-hydrogen) atoms. The summed E-state index contributed by atoms with van der Waals surface area (Å²) in [4.78, 5) is 0. The molecule has 0 amide bonds. The molecule has 0 aromatic heterocycles. The van der Waals surface area contributed by atoms with Crippen molar-refractivity contribution in [2.24, 2.45) is 5.92 Å². The molecular formula is C11H14ClNO. The minimum Gasteiger partial charge on any atom is -0.399 e. The number of hydrogen-bond donors (Lipinski definition) is 2. The van der Waals surface area contributed by atoms with Gasteiger partial charge in [0.1, 0.15) is 0 Å². The fraction of sp³-hybridized carbons (Fsp3) is 0.455. The monoisotopic (exact) mass is 211 g/mol. The van der Waals surface area contributed by atoms with Gasteiger partial charge in [-0.05, 0) is 36.5 Å². The number of nitrogen functional groups attached to an aromatic ring is 1. The second kappa shape index (κ2) is 3.79. The zero-order chi connectivity index (χ0) is 10.1. The third-order valence-electron chi connectivity index (χ3n) is 2.94. The molecule has 1 saturated carbocycles. The lowest BCUT2D eigenvalue weighted by Crippen LogP contribution is -2.20. The van der Waals surface area contributed by atoms with Crippen molar-refractivity contribution in [3.63, 3.8) is 0 Å². The zero-order valence-electron chi connectivity index (χ0n) is 7.91. The Balaban J connectivity index is 2.22. The minimum absolute atomic E-state index is 0.385. The SMILES string of the molecule is Nc1ccc(C(O)C2CCC2)c(Cl)c1. The Morgan fingerprint density at radius 2 is 2.14 bits per heavy atom. The van der Waals surface area contributed by atoms with Crippen molar-refractivity contribution in [1.82, 2.24) is 0 Å². The van der Waals surface area contributed by atoms with Gasteiger partial charge in [0.2, 0.25) is 0 Å². The van der Waals surface area contributed by atoms with E-state index in [1.165, 1.54) is 6.42 Å². The van der Waals surface area contributed by atoms with Crippen LogP contribution >= 0.6 is 11.6 Å². The third-order valence-corrected chi connectivity index (χ3v) is 3.27. The second-order valence-electron chi connectivity index (χ2n) is 3.92. The molecule has 0 aliphatic heterocycles. The number of anilines is 1. The Kier molecular flexibility index (Phi) is 2.66. The van der Waals surface area contributed by atoms with Crippen LogP contribution in [0.25, 0.3) is 0 Å². The maximum absolute atomic E-state index is 9.99. The molecule has 0 bridgehead atoms. The van der Waals surface area contributed by atoms with E-state index < -0.39 is 6.10 Å². The first-order valence-corrected chi connectivity index (χ1v) is 5.29. The van der Waals surface area contributed by atoms with Crippen LogP contribution < -0.4 is 5.73 Å².